The molecule has 588 valence electrons. The number of fused-ring (bicyclic) bond motifs is 8. The van der Waals surface area contributed by atoms with Crippen LogP contribution in [0.3, 0.4) is 0 Å². The van der Waals surface area contributed by atoms with Crippen LogP contribution in [-0.2, 0) is 54.5 Å². The molecule has 30 heteroatoms. The van der Waals surface area contributed by atoms with E-state index in [1.807, 2.05) is 25.7 Å². The van der Waals surface area contributed by atoms with Crippen LogP contribution in [0.15, 0.2) is 58.4 Å². The molecule has 0 radical (unpaired) electrons. The van der Waals surface area contributed by atoms with Crippen LogP contribution in [0.1, 0.15) is 198 Å². The first kappa shape index (κ1) is 88.1. The zero-order valence-electron chi connectivity index (χ0n) is 61.7. The predicted molar refractivity (Wildman–Crippen MR) is 394 cm³/mol. The number of carbonyl (C=O) groups excluding carboxylic acids is 6. The van der Waals surface area contributed by atoms with Crippen LogP contribution in [0.2, 0.25) is 0 Å². The number of aryl methyl sites for hydroxylation is 2. The van der Waals surface area contributed by atoms with E-state index in [1.165, 1.54) is 53.4 Å². The number of esters is 2. The minimum atomic E-state index is -0.923. The van der Waals surface area contributed by atoms with Crippen molar-refractivity contribution >= 4 is 73.7 Å². The summed E-state index contributed by atoms with van der Waals surface area (Å²) < 4.78 is 72.4. The van der Waals surface area contributed by atoms with Gasteiger partial charge in [-0.3, -0.25) is 48.1 Å². The van der Waals surface area contributed by atoms with Crippen molar-refractivity contribution in [2.24, 2.45) is 47.2 Å². The highest BCUT2D eigenvalue weighted by Crippen LogP contribution is 2.42. The number of aromatic nitrogens is 2. The van der Waals surface area contributed by atoms with Crippen molar-refractivity contribution in [3.63, 3.8) is 0 Å². The maximum Gasteiger partial charge on any atom is 0.310 e. The topological polar surface area (TPSA) is 328 Å². The molecule has 7 N–H and O–H groups in total. The Kier molecular flexibility index (Phi) is 34.1. The molecule has 6 fully saturated rings. The van der Waals surface area contributed by atoms with E-state index >= 15 is 0 Å². The number of benzene rings is 2. The van der Waals surface area contributed by atoms with Crippen molar-refractivity contribution in [2.75, 3.05) is 51.5 Å². The Morgan fingerprint density at radius 1 is 0.698 bits per heavy atom. The highest BCUT2D eigenvalue weighted by molar-refractivity contribution is 7.16. The number of aliphatic carboxylic acids is 1. The average Bonchev–Trinajstić information content (AvgIpc) is 1.16. The van der Waals surface area contributed by atoms with Crippen LogP contribution >= 0.6 is 32.4 Å². The third-order valence-corrected chi connectivity index (χ3v) is 20.2. The van der Waals surface area contributed by atoms with Gasteiger partial charge in [-0.15, -0.1) is 32.4 Å². The van der Waals surface area contributed by atoms with E-state index in [0.717, 1.165) is 102 Å². The fourth-order valence-electron chi connectivity index (χ4n) is 15.1. The lowest BCUT2D eigenvalue weighted by atomic mass is 9.93. The number of pyridine rings is 2. The van der Waals surface area contributed by atoms with Crippen LogP contribution in [0.4, 0.5) is 17.6 Å². The number of aromatic hydroxyl groups is 2. The normalized spacial score (nSPS) is 23.3. The molecule has 0 bridgehead atoms. The molecule has 2 amide bonds. The van der Waals surface area contributed by atoms with Gasteiger partial charge in [0.2, 0.25) is 10.9 Å². The van der Waals surface area contributed by atoms with Gasteiger partial charge in [0.25, 0.3) is 11.8 Å². The van der Waals surface area contributed by atoms with Crippen molar-refractivity contribution < 1.29 is 90.9 Å². The third kappa shape index (κ3) is 23.1. The Hall–Kier alpha value is -6.84. The highest BCUT2D eigenvalue weighted by atomic mass is 35.5. The van der Waals surface area contributed by atoms with Crippen molar-refractivity contribution in [1.82, 2.24) is 23.8 Å². The molecule has 1 unspecified atom stereocenters. The first-order valence-electron chi connectivity index (χ1n) is 36.4. The van der Waals surface area contributed by atoms with E-state index in [0.29, 0.717) is 37.3 Å². The lowest BCUT2D eigenvalue weighted by Crippen LogP contribution is -2.66. The minimum absolute atomic E-state index is 0.0204. The molecule has 4 saturated carbocycles. The number of aliphatic hydroxyl groups is 2. The second-order valence-electron chi connectivity index (χ2n) is 29.4. The second kappa shape index (κ2) is 41.1. The summed E-state index contributed by atoms with van der Waals surface area (Å²) in [7, 11) is 3.88. The number of rotatable bonds is 16. The molecule has 6 heterocycles. The van der Waals surface area contributed by atoms with E-state index < -0.39 is 80.9 Å². The fourth-order valence-corrected chi connectivity index (χ4v) is 15.1. The third-order valence-electron chi connectivity index (χ3n) is 20.2. The number of carboxylic acid groups (broad SMARTS) is 1. The number of carbonyl (C=O) groups is 7. The van der Waals surface area contributed by atoms with E-state index in [4.69, 9.17) is 53.7 Å². The van der Waals surface area contributed by atoms with Gasteiger partial charge in [-0.25, -0.2) is 17.6 Å². The van der Waals surface area contributed by atoms with Gasteiger partial charge in [-0.2, -0.15) is 0 Å². The molecular weight excluding hydrogens is 1450 g/mol. The van der Waals surface area contributed by atoms with E-state index in [1.54, 1.807) is 11.8 Å². The predicted octanol–water partition coefficient (Wildman–Crippen LogP) is 10.6. The van der Waals surface area contributed by atoms with Crippen LogP contribution in [-0.4, -0.2) is 178 Å². The Balaban J connectivity index is 0.000000226. The molecule has 12 rings (SSSR count). The number of ketones is 2. The number of methoxy groups -OCH3 is 1. The maximum atomic E-state index is 14.0. The number of nitrogens with zero attached hydrogens (tertiary/aromatic N) is 5. The zero-order valence-corrected chi connectivity index (χ0v) is 64.4. The lowest BCUT2D eigenvalue weighted by molar-refractivity contribution is -0.157. The van der Waals surface area contributed by atoms with Crippen LogP contribution in [0.5, 0.6) is 11.5 Å². The van der Waals surface area contributed by atoms with Gasteiger partial charge in [-0.1, -0.05) is 58.6 Å². The Labute approximate surface area is 628 Å². The van der Waals surface area contributed by atoms with E-state index in [9.17, 15) is 70.9 Å². The van der Waals surface area contributed by atoms with Gasteiger partial charge in [0, 0.05) is 87.5 Å². The highest BCUT2D eigenvalue weighted by Gasteiger charge is 2.51. The van der Waals surface area contributed by atoms with Gasteiger partial charge < -0.3 is 64.4 Å². The molecule has 12 atom stereocenters. The first-order valence-corrected chi connectivity index (χ1v) is 38.3. The largest absolute Gasteiger partial charge is 0.503 e. The number of aliphatic hydroxyl groups excluding tert-OH is 2. The quantitative estimate of drug-likeness (QED) is 0.0200. The van der Waals surface area contributed by atoms with E-state index in [2.05, 4.69) is 39.6 Å². The van der Waals surface area contributed by atoms with Gasteiger partial charge >= 0.3 is 17.9 Å². The maximum absolute atomic E-state index is 14.0. The molecule has 0 spiro atoms. The van der Waals surface area contributed by atoms with Crippen LogP contribution in [0.25, 0.3) is 0 Å². The molecule has 2 aromatic carbocycles. The lowest BCUT2D eigenvalue weighted by Gasteiger charge is -2.53. The van der Waals surface area contributed by atoms with Crippen molar-refractivity contribution in [2.45, 2.75) is 207 Å². The van der Waals surface area contributed by atoms with Gasteiger partial charge in [0.05, 0.1) is 61.7 Å². The molecule has 4 aromatic rings. The molecule has 4 aliphatic carbocycles. The molecular formula is C76H105Cl2F4N6O17P. The number of alkyl halides is 2. The van der Waals surface area contributed by atoms with Crippen LogP contribution < -0.4 is 16.6 Å². The summed E-state index contributed by atoms with van der Waals surface area (Å²) in [6, 6.07) is 6.59. The SMILES string of the molecule is CC(C)(C)OC(=O)C[C@H]1CCC[C@H]1C(=O)O.CC(C)CN1C[C@@H]2CCC[C@@H]2N2C(=O)c3c(O)c(=O)c(C(=O)CCc4ccc(F)cc4F)cn3C[C@@H]12.CCP.COC(=O)[C@@H](C)CO.ClCCl.N[C@H]1CCC[C@H]1CO.O=C(CCc1ccc(F)cc1F)c1cn2c(c(O)c1=O)C(=O)N1[C@@H](C2)OC[C@@H]2CCC[C@@H]21. The summed E-state index contributed by atoms with van der Waals surface area (Å²) >= 11 is 9.53. The van der Waals surface area contributed by atoms with Gasteiger partial charge in [-0.05, 0) is 145 Å². The first-order chi connectivity index (χ1) is 50.2. The molecule has 106 heavy (non-hydrogen) atoms. The number of ether oxygens (including phenoxy) is 3. The average molecular weight is 1550 g/mol. The number of hydrogen-bond acceptors (Lipinski definition) is 18. The number of carboxylic acids is 1. The monoisotopic (exact) mass is 1550 g/mol. The smallest absolute Gasteiger partial charge is 0.310 e. The molecule has 8 aliphatic rings. The number of Topliss-reactive ketones (excluding diaryl/α,β-unsaturated/α-hetero) is 2. The standard InChI is InChI=1S/C27H31F2N3O4.C23H22F2N2O5.C12H20O4.C6H13NO.C5H10O3.C2H7P.CH2Cl2/c1-15(2)11-30-12-17-4-3-5-21(17)32-23(30)14-31-13-19(25(34)26(35)24(31)27(32)36)22(33)9-7-16-6-8-18(28)10-20(16)29;24-14-6-4-12(16(25)8-14)5-7-18(28)15-9-26-10-19-27(17-3-1-2-13(17)11-32-19)23(31)20(26)22(30)21(15)29;1-12(2,3)16-10(13)7-8-5-4-6-9(8)11(14)15;7-6-3-1-2-5(6)4-8;1-4(3-6)5(7)8-2;1-2-3;2-1-3/h6,8,10,13,15,17,21,23,35H,3-5,7,9,11-12,14H2,1-2H3;4,6,8-9,13,17,19,30H,1-3,5,7,10-11H2;8-9H,4-7H2,1-3H3,(H,14,15);5-6,8H,1-4,7H2;4,6H,3H2,1-2H3;2-3H2,1H3;1H2/t17-,21-,23-;13-,17-,19+;8-,9-;5-,6-;4-;;/m00100../s1. The summed E-state index contributed by atoms with van der Waals surface area (Å²) in [5, 5.41) is 47.5. The van der Waals surface area contributed by atoms with Crippen LogP contribution in [0, 0.1) is 64.7 Å². The Morgan fingerprint density at radius 3 is 1.62 bits per heavy atom. The number of nitrogens with two attached hydrogens (primary N) is 1. The van der Waals surface area contributed by atoms with Crippen molar-refractivity contribution in [1.29, 1.82) is 0 Å². The molecule has 4 aliphatic heterocycles. The second-order valence-corrected chi connectivity index (χ2v) is 31.0. The molecule has 23 nitrogen and oxygen atoms in total. The zero-order chi connectivity index (χ0) is 78.6. The van der Waals surface area contributed by atoms with Gasteiger partial charge in [0.15, 0.2) is 40.7 Å². The van der Waals surface area contributed by atoms with Gasteiger partial charge in [0.1, 0.15) is 35.0 Å². The Bertz CT molecular complexity index is 3820. The van der Waals surface area contributed by atoms with Crippen molar-refractivity contribution in [3.05, 3.63) is 126 Å². The summed E-state index contributed by atoms with van der Waals surface area (Å²) in [6.45, 7) is 16.3. The summed E-state index contributed by atoms with van der Waals surface area (Å²) in [6.07, 6.45) is 14.5. The van der Waals surface area contributed by atoms with E-state index in [-0.39, 0.29) is 157 Å². The summed E-state index contributed by atoms with van der Waals surface area (Å²) in [5.41, 5.74) is 2.92. The number of halogens is 6. The van der Waals surface area contributed by atoms with Crippen molar-refractivity contribution in [3.8, 4) is 11.5 Å². The molecule has 2 aromatic heterocycles. The Morgan fingerprint density at radius 2 is 1.18 bits per heavy atom. The molecule has 2 saturated heterocycles. The summed E-state index contributed by atoms with van der Waals surface area (Å²) in [5.74, 6) is -7.27. The summed E-state index contributed by atoms with van der Waals surface area (Å²) in [4.78, 5) is 117. The number of hydrogen-bond donors (Lipinski definition) is 6. The minimum Gasteiger partial charge on any atom is -0.503 e. The number of amides is 2. The fraction of sp³-hybridized carbons (Fsp3) is 0.618.